The number of carbonyl (C=O) groups excluding carboxylic acids is 1. The van der Waals surface area contributed by atoms with Crippen LogP contribution in [0.4, 0.5) is 4.39 Å². The van der Waals surface area contributed by atoms with Crippen LogP contribution in [0.15, 0.2) is 72.9 Å². The number of fused-ring (bicyclic) bond motifs is 1. The van der Waals surface area contributed by atoms with E-state index in [1.807, 2.05) is 47.5 Å². The quantitative estimate of drug-likeness (QED) is 0.715. The molecule has 1 aromatic heterocycles. The lowest BCUT2D eigenvalue weighted by Crippen LogP contribution is -2.43. The normalized spacial score (nSPS) is 16.5. The van der Waals surface area contributed by atoms with E-state index in [0.29, 0.717) is 12.1 Å². The Labute approximate surface area is 146 Å². The van der Waals surface area contributed by atoms with E-state index < -0.39 is 0 Å². The van der Waals surface area contributed by atoms with Gasteiger partial charge in [-0.3, -0.25) is 4.79 Å². The van der Waals surface area contributed by atoms with Crippen LogP contribution in [0.3, 0.4) is 0 Å². The Balaban J connectivity index is 1.68. The number of amides is 1. The van der Waals surface area contributed by atoms with Crippen molar-refractivity contribution >= 4 is 5.91 Å². The molecule has 2 heterocycles. The number of aromatic nitrogens is 1. The van der Waals surface area contributed by atoms with Gasteiger partial charge in [-0.05, 0) is 29.3 Å². The summed E-state index contributed by atoms with van der Waals surface area (Å²) in [6.07, 6.45) is 2.13. The zero-order valence-corrected chi connectivity index (χ0v) is 13.8. The van der Waals surface area contributed by atoms with Crippen LogP contribution in [-0.2, 0) is 17.8 Å². The average molecular weight is 334 g/mol. The summed E-state index contributed by atoms with van der Waals surface area (Å²) in [4.78, 5) is 14.9. The average Bonchev–Trinajstić information content (AvgIpc) is 3.12. The molecule has 4 rings (SSSR count). The van der Waals surface area contributed by atoms with Crippen LogP contribution in [0.5, 0.6) is 0 Å². The largest absolute Gasteiger partial charge is 0.348 e. The summed E-state index contributed by atoms with van der Waals surface area (Å²) < 4.78 is 16.1. The maximum atomic E-state index is 14.0. The van der Waals surface area contributed by atoms with Crippen molar-refractivity contribution in [3.8, 4) is 0 Å². The highest BCUT2D eigenvalue weighted by molar-refractivity contribution is 5.80. The van der Waals surface area contributed by atoms with Crippen LogP contribution in [0.1, 0.15) is 22.9 Å². The molecule has 0 saturated heterocycles. The molecule has 3 aromatic rings. The molecular weight excluding hydrogens is 315 g/mol. The van der Waals surface area contributed by atoms with E-state index in [-0.39, 0.29) is 24.2 Å². The van der Waals surface area contributed by atoms with Crippen molar-refractivity contribution in [1.82, 2.24) is 9.47 Å². The minimum atomic E-state index is -0.326. The van der Waals surface area contributed by atoms with Gasteiger partial charge in [-0.25, -0.2) is 4.39 Å². The lowest BCUT2D eigenvalue weighted by molar-refractivity contribution is -0.133. The molecular formula is C21H19FN2O. The van der Waals surface area contributed by atoms with E-state index >= 15 is 0 Å². The van der Waals surface area contributed by atoms with Crippen LogP contribution in [0, 0.1) is 5.82 Å². The fourth-order valence-electron chi connectivity index (χ4n) is 3.54. The number of rotatable bonds is 3. The van der Waals surface area contributed by atoms with E-state index in [4.69, 9.17) is 0 Å². The first-order valence-electron chi connectivity index (χ1n) is 8.47. The van der Waals surface area contributed by atoms with Crippen molar-refractivity contribution in [3.05, 3.63) is 95.6 Å². The lowest BCUT2D eigenvalue weighted by Gasteiger charge is -2.37. The van der Waals surface area contributed by atoms with Crippen LogP contribution in [-0.4, -0.2) is 21.9 Å². The standard InChI is InChI=1S/C21H19FN2O/c22-18-10-5-4-9-17(18)15-20(25)24-14-13-23-12-6-11-19(23)21(24)16-7-2-1-3-8-16/h1-12,21H,13-15H2. The number of benzene rings is 2. The van der Waals surface area contributed by atoms with Crippen LogP contribution in [0.25, 0.3) is 0 Å². The van der Waals surface area contributed by atoms with Crippen molar-refractivity contribution in [2.24, 2.45) is 0 Å². The Hall–Kier alpha value is -2.88. The highest BCUT2D eigenvalue weighted by Crippen LogP contribution is 2.32. The smallest absolute Gasteiger partial charge is 0.227 e. The minimum Gasteiger partial charge on any atom is -0.348 e. The first-order valence-corrected chi connectivity index (χ1v) is 8.47. The molecule has 1 unspecified atom stereocenters. The maximum Gasteiger partial charge on any atom is 0.227 e. The summed E-state index contributed by atoms with van der Waals surface area (Å²) in [6, 6.07) is 20.4. The lowest BCUT2D eigenvalue weighted by atomic mass is 9.99. The third kappa shape index (κ3) is 2.95. The molecule has 0 bridgehead atoms. The van der Waals surface area contributed by atoms with Crippen molar-refractivity contribution in [1.29, 1.82) is 0 Å². The Kier molecular flexibility index (Phi) is 4.10. The first-order chi connectivity index (χ1) is 12.2. The summed E-state index contributed by atoms with van der Waals surface area (Å²) in [5, 5.41) is 0. The van der Waals surface area contributed by atoms with Gasteiger partial charge in [-0.1, -0.05) is 48.5 Å². The van der Waals surface area contributed by atoms with Gasteiger partial charge in [-0.2, -0.15) is 0 Å². The summed E-state index contributed by atoms with van der Waals surface area (Å²) in [7, 11) is 0. The fraction of sp³-hybridized carbons (Fsp3) is 0.190. The maximum absolute atomic E-state index is 14.0. The van der Waals surface area contributed by atoms with Crippen molar-refractivity contribution in [2.45, 2.75) is 19.0 Å². The summed E-state index contributed by atoms with van der Waals surface area (Å²) in [5.74, 6) is -0.376. The molecule has 1 amide bonds. The minimum absolute atomic E-state index is 0.0496. The third-order valence-corrected chi connectivity index (χ3v) is 4.77. The fourth-order valence-corrected chi connectivity index (χ4v) is 3.54. The molecule has 0 N–H and O–H groups in total. The Morgan fingerprint density at radius 1 is 0.960 bits per heavy atom. The summed E-state index contributed by atoms with van der Waals surface area (Å²) >= 11 is 0. The van der Waals surface area contributed by atoms with E-state index in [1.165, 1.54) is 6.07 Å². The number of carbonyl (C=O) groups is 1. The van der Waals surface area contributed by atoms with E-state index in [1.54, 1.807) is 18.2 Å². The van der Waals surface area contributed by atoms with E-state index in [9.17, 15) is 9.18 Å². The third-order valence-electron chi connectivity index (χ3n) is 4.77. The molecule has 0 radical (unpaired) electrons. The molecule has 1 aliphatic heterocycles. The van der Waals surface area contributed by atoms with Gasteiger partial charge in [0.2, 0.25) is 5.91 Å². The monoisotopic (exact) mass is 334 g/mol. The Morgan fingerprint density at radius 2 is 1.72 bits per heavy atom. The molecule has 0 fully saturated rings. The van der Waals surface area contributed by atoms with Gasteiger partial charge in [0.15, 0.2) is 0 Å². The van der Waals surface area contributed by atoms with Gasteiger partial charge in [0.05, 0.1) is 12.5 Å². The molecule has 1 atom stereocenters. The van der Waals surface area contributed by atoms with Crippen molar-refractivity contribution < 1.29 is 9.18 Å². The highest BCUT2D eigenvalue weighted by Gasteiger charge is 2.32. The summed E-state index contributed by atoms with van der Waals surface area (Å²) in [6.45, 7) is 1.38. The SMILES string of the molecule is O=C(Cc1ccccc1F)N1CCn2cccc2C1c1ccccc1. The van der Waals surface area contributed by atoms with Gasteiger partial charge in [-0.15, -0.1) is 0 Å². The predicted molar refractivity (Wildman–Crippen MR) is 94.5 cm³/mol. The second-order valence-electron chi connectivity index (χ2n) is 6.29. The second kappa shape index (κ2) is 6.55. The molecule has 0 aliphatic carbocycles. The second-order valence-corrected chi connectivity index (χ2v) is 6.29. The molecule has 3 nitrogen and oxygen atoms in total. The molecule has 2 aromatic carbocycles. The molecule has 1 aliphatic rings. The highest BCUT2D eigenvalue weighted by atomic mass is 19.1. The molecule has 0 spiro atoms. The molecule has 25 heavy (non-hydrogen) atoms. The Bertz CT molecular complexity index is 888. The first kappa shape index (κ1) is 15.6. The topological polar surface area (TPSA) is 25.2 Å². The van der Waals surface area contributed by atoms with Gasteiger partial charge in [0.1, 0.15) is 5.82 Å². The molecule has 0 saturated carbocycles. The molecule has 4 heteroatoms. The van der Waals surface area contributed by atoms with Crippen LogP contribution in [0.2, 0.25) is 0 Å². The number of hydrogen-bond donors (Lipinski definition) is 0. The van der Waals surface area contributed by atoms with Crippen LogP contribution < -0.4 is 0 Å². The van der Waals surface area contributed by atoms with Gasteiger partial charge in [0.25, 0.3) is 0 Å². The number of hydrogen-bond acceptors (Lipinski definition) is 1. The number of halogens is 1. The zero-order valence-electron chi connectivity index (χ0n) is 13.8. The zero-order chi connectivity index (χ0) is 17.2. The Morgan fingerprint density at radius 3 is 2.52 bits per heavy atom. The van der Waals surface area contributed by atoms with Crippen molar-refractivity contribution in [2.75, 3.05) is 6.54 Å². The summed E-state index contributed by atoms with van der Waals surface area (Å²) in [5.41, 5.74) is 2.61. The van der Waals surface area contributed by atoms with Crippen LogP contribution >= 0.6 is 0 Å². The van der Waals surface area contributed by atoms with Crippen molar-refractivity contribution in [3.63, 3.8) is 0 Å². The van der Waals surface area contributed by atoms with Gasteiger partial charge >= 0.3 is 0 Å². The van der Waals surface area contributed by atoms with E-state index in [0.717, 1.165) is 17.8 Å². The van der Waals surface area contributed by atoms with Gasteiger partial charge < -0.3 is 9.47 Å². The predicted octanol–water partition coefficient (Wildman–Crippen LogP) is 3.80. The van der Waals surface area contributed by atoms with Gasteiger partial charge in [0, 0.05) is 25.0 Å². The number of nitrogens with zero attached hydrogens (tertiary/aromatic N) is 2. The molecule has 126 valence electrons. The van der Waals surface area contributed by atoms with E-state index in [2.05, 4.69) is 10.6 Å².